The monoisotopic (exact) mass is 671 g/mol. The minimum atomic E-state index is -1.48. The zero-order valence-corrected chi connectivity index (χ0v) is 27.5. The first-order valence-corrected chi connectivity index (χ1v) is 15.5. The van der Waals surface area contributed by atoms with E-state index in [1.807, 2.05) is 12.1 Å². The first-order valence-electron chi connectivity index (χ1n) is 15.5. The maximum absolute atomic E-state index is 14.6. The Kier molecular flexibility index (Phi) is 6.56. The molecule has 1 unspecified atom stereocenters. The fraction of sp³-hybridized carbons (Fsp3) is 0.162. The molecular formula is C37H29N5O8. The van der Waals surface area contributed by atoms with E-state index in [0.29, 0.717) is 39.8 Å². The minimum absolute atomic E-state index is 0.0305. The lowest BCUT2D eigenvalue weighted by atomic mass is 9.71. The molecule has 250 valence electrons. The van der Waals surface area contributed by atoms with Crippen LogP contribution in [-0.4, -0.2) is 59.6 Å². The van der Waals surface area contributed by atoms with Gasteiger partial charge >= 0.3 is 5.69 Å². The van der Waals surface area contributed by atoms with Gasteiger partial charge in [-0.1, -0.05) is 0 Å². The van der Waals surface area contributed by atoms with Gasteiger partial charge in [0.2, 0.25) is 5.88 Å². The zero-order chi connectivity index (χ0) is 35.2. The van der Waals surface area contributed by atoms with E-state index in [4.69, 9.17) is 19.2 Å². The van der Waals surface area contributed by atoms with Crippen LogP contribution in [0.5, 0.6) is 34.6 Å². The number of allylic oxidation sites excluding steroid dienone is 1. The predicted octanol–water partition coefficient (Wildman–Crippen LogP) is 5.27. The average Bonchev–Trinajstić information content (AvgIpc) is 3.61. The molecule has 0 spiro atoms. The summed E-state index contributed by atoms with van der Waals surface area (Å²) in [5.74, 6) is -0.0209. The Hall–Kier alpha value is -6.63. The second kappa shape index (κ2) is 10.7. The molecule has 0 bridgehead atoms. The Bertz CT molecular complexity index is 2530. The summed E-state index contributed by atoms with van der Waals surface area (Å²) in [6.07, 6.45) is 1.72. The van der Waals surface area contributed by atoms with E-state index in [-0.39, 0.29) is 62.2 Å². The molecule has 3 aromatic heterocycles. The van der Waals surface area contributed by atoms with Gasteiger partial charge in [0, 0.05) is 11.6 Å². The highest BCUT2D eigenvalue weighted by molar-refractivity contribution is 6.14. The summed E-state index contributed by atoms with van der Waals surface area (Å²) in [6.45, 7) is 4.93. The quantitative estimate of drug-likeness (QED) is 0.218. The van der Waals surface area contributed by atoms with Gasteiger partial charge < -0.3 is 29.5 Å². The van der Waals surface area contributed by atoms with Crippen molar-refractivity contribution in [3.63, 3.8) is 0 Å². The number of phenolic OH excluding ortho intramolecular Hbond substituents is 2. The lowest BCUT2D eigenvalue weighted by molar-refractivity contribution is 0.0905. The van der Waals surface area contributed by atoms with Crippen molar-refractivity contribution in [3.8, 4) is 57.3 Å². The van der Waals surface area contributed by atoms with E-state index in [2.05, 4.69) is 10.1 Å². The molecule has 0 radical (unpaired) electrons. The molecule has 3 aromatic carbocycles. The topological polar surface area (TPSA) is 171 Å². The Morgan fingerprint density at radius 3 is 2.08 bits per heavy atom. The lowest BCUT2D eigenvalue weighted by Gasteiger charge is -2.27. The maximum Gasteiger partial charge on any atom is 0.357 e. The minimum Gasteiger partial charge on any atom is -0.507 e. The maximum atomic E-state index is 14.6. The van der Waals surface area contributed by atoms with Crippen LogP contribution in [0.2, 0.25) is 0 Å². The number of hydrogen-bond acceptors (Lipinski definition) is 11. The van der Waals surface area contributed by atoms with E-state index in [0.717, 1.165) is 0 Å². The molecule has 4 heterocycles. The average molecular weight is 672 g/mol. The summed E-state index contributed by atoms with van der Waals surface area (Å²) in [5, 5.41) is 38.6. The van der Waals surface area contributed by atoms with Gasteiger partial charge in [0.25, 0.3) is 0 Å². The molecular weight excluding hydrogens is 642 g/mol. The molecule has 0 fully saturated rings. The fourth-order valence-corrected chi connectivity index (χ4v) is 6.81. The fourth-order valence-electron chi connectivity index (χ4n) is 6.81. The number of benzene rings is 3. The van der Waals surface area contributed by atoms with Gasteiger partial charge in [0.05, 0.1) is 64.8 Å². The van der Waals surface area contributed by atoms with Crippen LogP contribution in [0.1, 0.15) is 39.8 Å². The molecule has 2 aliphatic rings. The van der Waals surface area contributed by atoms with Gasteiger partial charge in [-0.25, -0.2) is 19.0 Å². The van der Waals surface area contributed by atoms with Crippen LogP contribution < -0.4 is 19.9 Å². The van der Waals surface area contributed by atoms with Crippen LogP contribution in [0.15, 0.2) is 71.2 Å². The van der Waals surface area contributed by atoms with Gasteiger partial charge in [-0.2, -0.15) is 10.1 Å². The van der Waals surface area contributed by atoms with Crippen LogP contribution in [-0.2, 0) is 5.41 Å². The highest BCUT2D eigenvalue weighted by Gasteiger charge is 2.55. The third kappa shape index (κ3) is 4.09. The van der Waals surface area contributed by atoms with Gasteiger partial charge in [0.15, 0.2) is 11.4 Å². The molecule has 13 nitrogen and oxygen atoms in total. The van der Waals surface area contributed by atoms with Crippen molar-refractivity contribution in [3.05, 3.63) is 105 Å². The number of aromatic nitrogens is 5. The number of phenols is 2. The van der Waals surface area contributed by atoms with E-state index in [1.54, 1.807) is 68.1 Å². The highest BCUT2D eigenvalue weighted by Crippen LogP contribution is 2.60. The highest BCUT2D eigenvalue weighted by atomic mass is 16.5. The van der Waals surface area contributed by atoms with Crippen molar-refractivity contribution in [1.82, 2.24) is 24.3 Å². The van der Waals surface area contributed by atoms with Crippen LogP contribution in [0.25, 0.3) is 39.7 Å². The first kappa shape index (κ1) is 30.7. The number of pyridine rings is 1. The number of ether oxygens (including phenoxy) is 3. The number of carbonyl (C=O) groups excluding carboxylic acids is 1. The Morgan fingerprint density at radius 1 is 0.800 bits per heavy atom. The molecule has 1 aliphatic carbocycles. The normalized spacial score (nSPS) is 16.0. The Morgan fingerprint density at radius 2 is 1.44 bits per heavy atom. The summed E-state index contributed by atoms with van der Waals surface area (Å²) in [7, 11) is 3.10. The van der Waals surface area contributed by atoms with Crippen LogP contribution in [0, 0.1) is 13.8 Å². The van der Waals surface area contributed by atoms with E-state index < -0.39 is 17.0 Å². The van der Waals surface area contributed by atoms with Gasteiger partial charge in [0.1, 0.15) is 39.9 Å². The molecule has 1 atom stereocenters. The lowest BCUT2D eigenvalue weighted by Crippen LogP contribution is -2.36. The molecule has 6 aromatic rings. The molecule has 0 saturated heterocycles. The van der Waals surface area contributed by atoms with Crippen LogP contribution >= 0.6 is 0 Å². The van der Waals surface area contributed by atoms with Crippen molar-refractivity contribution >= 4 is 22.9 Å². The summed E-state index contributed by atoms with van der Waals surface area (Å²) < 4.78 is 19.9. The van der Waals surface area contributed by atoms with E-state index in [9.17, 15) is 24.9 Å². The standard InChI is InChI=1S/C37H29N5O8/c1-17-30(43)28(24-15-14-23-34(38-24)41(36(47)39-35(23)46)19-6-10-21(48-4)11-7-19)32-29(31(17)44)37(3)26(50-32)16-25-27(33(37)45)18(2)40-42(25)20-8-12-22(49-5)13-9-20/h6-16,43-44H,1-5H3,(H,39,46,47). The summed E-state index contributed by atoms with van der Waals surface area (Å²) in [4.78, 5) is 36.3. The van der Waals surface area contributed by atoms with Crippen molar-refractivity contribution in [2.45, 2.75) is 26.2 Å². The third-order valence-electron chi connectivity index (χ3n) is 9.51. The van der Waals surface area contributed by atoms with Crippen molar-refractivity contribution in [2.24, 2.45) is 0 Å². The van der Waals surface area contributed by atoms with Gasteiger partial charge in [-0.05, 0) is 81.4 Å². The number of hydrogen-bond donors (Lipinski definition) is 3. The molecule has 0 amide bonds. The largest absolute Gasteiger partial charge is 0.507 e. The predicted molar refractivity (Wildman–Crippen MR) is 182 cm³/mol. The molecule has 1 aliphatic heterocycles. The van der Waals surface area contributed by atoms with Crippen molar-refractivity contribution < 1.29 is 34.3 Å². The van der Waals surface area contributed by atoms with Crippen LogP contribution in [0.4, 0.5) is 0 Å². The number of aromatic hydroxyl groups is 3. The number of aryl methyl sites for hydroxylation is 1. The molecule has 3 N–H and O–H groups in total. The smallest absolute Gasteiger partial charge is 0.357 e. The van der Waals surface area contributed by atoms with E-state index in [1.165, 1.54) is 30.7 Å². The summed E-state index contributed by atoms with van der Waals surface area (Å²) in [5.41, 5.74) is 0.712. The number of methoxy groups -OCH3 is 2. The second-order valence-electron chi connectivity index (χ2n) is 12.2. The number of carbonyl (C=O) groups is 1. The number of rotatable bonds is 5. The van der Waals surface area contributed by atoms with E-state index >= 15 is 0 Å². The first-order chi connectivity index (χ1) is 24.0. The molecule has 8 rings (SSSR count). The molecule has 0 saturated carbocycles. The van der Waals surface area contributed by atoms with Gasteiger partial charge in [-0.15, -0.1) is 0 Å². The summed E-state index contributed by atoms with van der Waals surface area (Å²) in [6, 6.07) is 16.9. The summed E-state index contributed by atoms with van der Waals surface area (Å²) >= 11 is 0. The Balaban J connectivity index is 1.34. The number of nitrogens with zero attached hydrogens (tertiary/aromatic N) is 5. The number of Topliss-reactive ketones (excluding diaryl/α,β-unsaturated/α-hetero) is 1. The molecule has 13 heteroatoms. The van der Waals surface area contributed by atoms with Crippen molar-refractivity contribution in [1.29, 1.82) is 0 Å². The van der Waals surface area contributed by atoms with Gasteiger partial charge in [-0.3, -0.25) is 4.79 Å². The SMILES string of the molecule is COc1ccc(-n2nc(C)c3c2C=C2Oc4c(-c5ccc6c(O)nc(=O)n(-c7ccc(OC)cc7)c6n5)c(O)c(C)c(O)c4C2(C)C3=O)cc1. The Labute approximate surface area is 283 Å². The third-order valence-corrected chi connectivity index (χ3v) is 9.51. The zero-order valence-electron chi connectivity index (χ0n) is 27.5. The molecule has 50 heavy (non-hydrogen) atoms. The number of fused-ring (bicyclic) bond motifs is 5. The van der Waals surface area contributed by atoms with Crippen LogP contribution in [0.3, 0.4) is 0 Å². The van der Waals surface area contributed by atoms with Crippen molar-refractivity contribution in [2.75, 3.05) is 14.2 Å². The number of ketones is 1. The second-order valence-corrected chi connectivity index (χ2v) is 12.2.